The molecular weight excluding hydrogens is 316 g/mol. The lowest BCUT2D eigenvalue weighted by Gasteiger charge is -2.39. The van der Waals surface area contributed by atoms with Gasteiger partial charge in [-0.15, -0.1) is 0 Å². The Morgan fingerprint density at radius 1 is 0.680 bits per heavy atom. The highest BCUT2D eigenvalue weighted by Gasteiger charge is 2.83. The van der Waals surface area contributed by atoms with Crippen molar-refractivity contribution in [2.75, 3.05) is 0 Å². The fourth-order valence-electron chi connectivity index (χ4n) is 6.19. The summed E-state index contributed by atoms with van der Waals surface area (Å²) in [6.45, 7) is 0. The standard InChI is InChI=1S/C21H18O4/c1-3-7-12(8-4-1)20-16-14-11-15-17(16)21(25-20,13-9-5-2-6-10-13)24-19(15)22-18(14)23-20/h1-10,14-19H,11H2. The first kappa shape index (κ1) is 13.5. The Labute approximate surface area is 145 Å². The molecule has 8 atom stereocenters. The van der Waals surface area contributed by atoms with Gasteiger partial charge in [-0.2, -0.15) is 0 Å². The number of hydrogen-bond donors (Lipinski definition) is 0. The molecule has 5 aliphatic rings. The summed E-state index contributed by atoms with van der Waals surface area (Å²) in [4.78, 5) is 0. The summed E-state index contributed by atoms with van der Waals surface area (Å²) < 4.78 is 26.1. The maximum Gasteiger partial charge on any atom is 0.204 e. The Kier molecular flexibility index (Phi) is 2.24. The first-order valence-corrected chi connectivity index (χ1v) is 9.14. The maximum atomic E-state index is 6.83. The van der Waals surface area contributed by atoms with Crippen LogP contribution in [0.4, 0.5) is 0 Å². The molecule has 0 N–H and O–H groups in total. The fraction of sp³-hybridized carbons (Fsp3) is 0.429. The van der Waals surface area contributed by atoms with Gasteiger partial charge in [-0.1, -0.05) is 60.7 Å². The highest BCUT2D eigenvalue weighted by atomic mass is 16.9. The third-order valence-corrected chi connectivity index (χ3v) is 6.94. The Hall–Kier alpha value is -1.72. The van der Waals surface area contributed by atoms with Gasteiger partial charge in [0.1, 0.15) is 0 Å². The van der Waals surface area contributed by atoms with E-state index in [1.54, 1.807) is 0 Å². The minimum Gasteiger partial charge on any atom is -0.323 e. The van der Waals surface area contributed by atoms with Gasteiger partial charge < -0.3 is 18.9 Å². The lowest BCUT2D eigenvalue weighted by molar-refractivity contribution is -0.421. The molecule has 0 spiro atoms. The molecule has 2 aromatic carbocycles. The van der Waals surface area contributed by atoms with Crippen molar-refractivity contribution in [3.8, 4) is 0 Å². The normalized spacial score (nSPS) is 50.7. The van der Waals surface area contributed by atoms with Crippen molar-refractivity contribution in [1.29, 1.82) is 0 Å². The zero-order chi connectivity index (χ0) is 16.2. The van der Waals surface area contributed by atoms with E-state index >= 15 is 0 Å². The number of benzene rings is 2. The fourth-order valence-corrected chi connectivity index (χ4v) is 6.19. The third-order valence-electron chi connectivity index (χ3n) is 6.94. The second-order valence-corrected chi connectivity index (χ2v) is 7.89. The van der Waals surface area contributed by atoms with Gasteiger partial charge in [-0.05, 0) is 6.42 Å². The Morgan fingerprint density at radius 2 is 1.16 bits per heavy atom. The molecule has 4 aliphatic heterocycles. The minimum atomic E-state index is -0.767. The summed E-state index contributed by atoms with van der Waals surface area (Å²) in [6, 6.07) is 20.7. The molecule has 0 amide bonds. The van der Waals surface area contributed by atoms with Crippen LogP contribution in [0.2, 0.25) is 0 Å². The van der Waals surface area contributed by atoms with Crippen molar-refractivity contribution in [2.24, 2.45) is 23.7 Å². The molecule has 4 heteroatoms. The Morgan fingerprint density at radius 3 is 1.64 bits per heavy atom. The van der Waals surface area contributed by atoms with Crippen LogP contribution in [0.1, 0.15) is 17.5 Å². The van der Waals surface area contributed by atoms with Crippen LogP contribution in [0.3, 0.4) is 0 Å². The summed E-state index contributed by atoms with van der Waals surface area (Å²) in [5.41, 5.74) is 2.15. The molecule has 8 unspecified atom stereocenters. The van der Waals surface area contributed by atoms with Crippen molar-refractivity contribution >= 4 is 0 Å². The maximum absolute atomic E-state index is 6.83. The molecule has 7 rings (SSSR count). The zero-order valence-electron chi connectivity index (χ0n) is 13.6. The summed E-state index contributed by atoms with van der Waals surface area (Å²) >= 11 is 0. The van der Waals surface area contributed by atoms with Crippen LogP contribution in [0.5, 0.6) is 0 Å². The van der Waals surface area contributed by atoms with Gasteiger partial charge in [0.15, 0.2) is 12.6 Å². The van der Waals surface area contributed by atoms with Crippen molar-refractivity contribution in [3.05, 3.63) is 71.8 Å². The molecule has 1 saturated carbocycles. The predicted molar refractivity (Wildman–Crippen MR) is 86.7 cm³/mol. The number of ether oxygens (including phenoxy) is 4. The van der Waals surface area contributed by atoms with Crippen LogP contribution in [-0.4, -0.2) is 12.6 Å². The Balaban J connectivity index is 1.49. The molecule has 4 nitrogen and oxygen atoms in total. The molecule has 2 aromatic rings. The summed E-state index contributed by atoms with van der Waals surface area (Å²) in [5, 5.41) is 0. The van der Waals surface area contributed by atoms with Gasteiger partial charge in [0.05, 0.1) is 0 Å². The molecule has 4 saturated heterocycles. The van der Waals surface area contributed by atoms with Crippen LogP contribution >= 0.6 is 0 Å². The van der Waals surface area contributed by atoms with E-state index in [0.29, 0.717) is 11.8 Å². The molecular formula is C21H18O4. The van der Waals surface area contributed by atoms with E-state index in [4.69, 9.17) is 18.9 Å². The highest BCUT2D eigenvalue weighted by molar-refractivity contribution is 5.34. The van der Waals surface area contributed by atoms with Crippen LogP contribution in [0.15, 0.2) is 60.7 Å². The van der Waals surface area contributed by atoms with Crippen LogP contribution in [0.25, 0.3) is 0 Å². The second kappa shape index (κ2) is 4.15. The first-order chi connectivity index (χ1) is 12.3. The molecule has 0 aromatic heterocycles. The minimum absolute atomic E-state index is 0.217. The second-order valence-electron chi connectivity index (χ2n) is 7.89. The van der Waals surface area contributed by atoms with E-state index in [0.717, 1.165) is 17.5 Å². The van der Waals surface area contributed by atoms with E-state index in [9.17, 15) is 0 Å². The number of rotatable bonds is 2. The van der Waals surface area contributed by atoms with E-state index in [2.05, 4.69) is 24.3 Å². The molecule has 4 heterocycles. The van der Waals surface area contributed by atoms with Gasteiger partial charge in [0.25, 0.3) is 0 Å². The molecule has 5 fully saturated rings. The Bertz CT molecular complexity index is 785. The molecule has 0 radical (unpaired) electrons. The van der Waals surface area contributed by atoms with Crippen molar-refractivity contribution in [3.63, 3.8) is 0 Å². The molecule has 2 bridgehead atoms. The molecule has 126 valence electrons. The van der Waals surface area contributed by atoms with E-state index in [-0.39, 0.29) is 24.4 Å². The molecule has 1 aliphatic carbocycles. The zero-order valence-corrected chi connectivity index (χ0v) is 13.6. The number of hydrogen-bond acceptors (Lipinski definition) is 4. The van der Waals surface area contributed by atoms with E-state index < -0.39 is 11.6 Å². The van der Waals surface area contributed by atoms with Gasteiger partial charge in [0, 0.05) is 34.8 Å². The topological polar surface area (TPSA) is 36.9 Å². The van der Waals surface area contributed by atoms with Crippen LogP contribution in [0, 0.1) is 23.7 Å². The SMILES string of the molecule is c1ccc(C23OC4OC5OC(c6ccccc6)(O2)C2C5CC4C23)cc1. The lowest BCUT2D eigenvalue weighted by Crippen LogP contribution is -2.43. The van der Waals surface area contributed by atoms with Crippen LogP contribution < -0.4 is 0 Å². The summed E-state index contributed by atoms with van der Waals surface area (Å²) in [5.74, 6) is -0.203. The predicted octanol–water partition coefficient (Wildman–Crippen LogP) is 3.33. The monoisotopic (exact) mass is 334 g/mol. The largest absolute Gasteiger partial charge is 0.323 e. The molecule has 25 heavy (non-hydrogen) atoms. The van der Waals surface area contributed by atoms with Gasteiger partial charge in [-0.25, -0.2) is 0 Å². The van der Waals surface area contributed by atoms with Gasteiger partial charge >= 0.3 is 0 Å². The van der Waals surface area contributed by atoms with E-state index in [1.807, 2.05) is 36.4 Å². The van der Waals surface area contributed by atoms with Crippen LogP contribution in [-0.2, 0) is 30.5 Å². The van der Waals surface area contributed by atoms with Crippen molar-refractivity contribution in [2.45, 2.75) is 30.6 Å². The lowest BCUT2D eigenvalue weighted by atomic mass is 9.78. The van der Waals surface area contributed by atoms with Crippen molar-refractivity contribution < 1.29 is 18.9 Å². The smallest absolute Gasteiger partial charge is 0.204 e. The average molecular weight is 334 g/mol. The van der Waals surface area contributed by atoms with Gasteiger partial charge in [-0.3, -0.25) is 0 Å². The van der Waals surface area contributed by atoms with Crippen molar-refractivity contribution in [1.82, 2.24) is 0 Å². The van der Waals surface area contributed by atoms with Gasteiger partial charge in [0.2, 0.25) is 11.6 Å². The van der Waals surface area contributed by atoms with E-state index in [1.165, 1.54) is 0 Å². The summed E-state index contributed by atoms with van der Waals surface area (Å²) in [6.07, 6.45) is 0.674. The third kappa shape index (κ3) is 1.35. The summed E-state index contributed by atoms with van der Waals surface area (Å²) in [7, 11) is 0. The first-order valence-electron chi connectivity index (χ1n) is 9.14. The quantitative estimate of drug-likeness (QED) is 0.844. The highest BCUT2D eigenvalue weighted by Crippen LogP contribution is 2.76. The average Bonchev–Trinajstić information content (AvgIpc) is 3.33.